The van der Waals surface area contributed by atoms with Crippen molar-refractivity contribution in [1.29, 1.82) is 0 Å². The molecule has 1 atom stereocenters. The van der Waals surface area contributed by atoms with Crippen molar-refractivity contribution in [3.8, 4) is 0 Å². The van der Waals surface area contributed by atoms with Gasteiger partial charge in [0.15, 0.2) is 0 Å². The van der Waals surface area contributed by atoms with Gasteiger partial charge in [-0.1, -0.05) is 186 Å². The molecule has 0 rings (SSSR count). The van der Waals surface area contributed by atoms with Crippen LogP contribution in [0.5, 0.6) is 0 Å². The molecule has 0 heterocycles. The topological polar surface area (TPSA) is 55.8 Å². The van der Waals surface area contributed by atoms with Crippen molar-refractivity contribution in [2.75, 3.05) is 19.8 Å². The molecule has 0 spiro atoms. The van der Waals surface area contributed by atoms with Gasteiger partial charge in [-0.25, -0.2) is 0 Å². The van der Waals surface area contributed by atoms with Crippen molar-refractivity contribution in [3.63, 3.8) is 0 Å². The molecule has 1 N–H and O–H groups in total. The highest BCUT2D eigenvalue weighted by Crippen LogP contribution is 2.14. The summed E-state index contributed by atoms with van der Waals surface area (Å²) >= 11 is 0. The van der Waals surface area contributed by atoms with Crippen molar-refractivity contribution >= 4 is 5.97 Å². The fourth-order valence-electron chi connectivity index (χ4n) is 5.95. The predicted octanol–water partition coefficient (Wildman–Crippen LogP) is 13.2. The second-order valence-corrected chi connectivity index (χ2v) is 13.7. The van der Waals surface area contributed by atoms with E-state index in [0.717, 1.165) is 25.7 Å². The van der Waals surface area contributed by atoms with Gasteiger partial charge in [-0.2, -0.15) is 0 Å². The van der Waals surface area contributed by atoms with Gasteiger partial charge in [0, 0.05) is 13.0 Å². The average molecular weight is 649 g/mol. The van der Waals surface area contributed by atoms with Crippen LogP contribution in [0.1, 0.15) is 213 Å². The van der Waals surface area contributed by atoms with Gasteiger partial charge in [-0.3, -0.25) is 4.79 Å². The van der Waals surface area contributed by atoms with Gasteiger partial charge in [0.2, 0.25) is 0 Å². The molecule has 0 aliphatic heterocycles. The summed E-state index contributed by atoms with van der Waals surface area (Å²) in [7, 11) is 0. The highest BCUT2D eigenvalue weighted by atomic mass is 16.6. The highest BCUT2D eigenvalue weighted by molar-refractivity contribution is 5.69. The molecule has 4 nitrogen and oxygen atoms in total. The molecule has 0 saturated heterocycles. The normalized spacial score (nSPS) is 12.5. The lowest BCUT2D eigenvalue weighted by molar-refractivity contribution is -0.154. The van der Waals surface area contributed by atoms with E-state index in [-0.39, 0.29) is 12.6 Å². The largest absolute Gasteiger partial charge is 0.457 e. The molecule has 46 heavy (non-hydrogen) atoms. The Labute approximate surface area is 288 Å². The molecule has 0 fully saturated rings. The van der Waals surface area contributed by atoms with Crippen LogP contribution in [-0.4, -0.2) is 37.0 Å². The van der Waals surface area contributed by atoms with Gasteiger partial charge >= 0.3 is 5.97 Å². The molecule has 0 aromatic rings. The summed E-state index contributed by atoms with van der Waals surface area (Å²) < 4.78 is 11.1. The highest BCUT2D eigenvalue weighted by Gasteiger charge is 2.13. The van der Waals surface area contributed by atoms with Gasteiger partial charge in [0.1, 0.15) is 6.10 Å². The van der Waals surface area contributed by atoms with Gasteiger partial charge in [0.05, 0.1) is 13.2 Å². The Morgan fingerprint density at radius 2 is 0.913 bits per heavy atom. The summed E-state index contributed by atoms with van der Waals surface area (Å²) in [5.41, 5.74) is 0. The molecule has 0 amide bonds. The quantitative estimate of drug-likeness (QED) is 0.0411. The van der Waals surface area contributed by atoms with Crippen molar-refractivity contribution in [2.45, 2.75) is 219 Å². The van der Waals surface area contributed by atoms with Gasteiger partial charge in [0.25, 0.3) is 0 Å². The minimum Gasteiger partial charge on any atom is -0.457 e. The number of carbonyl (C=O) groups excluding carboxylic acids is 1. The molecule has 0 aliphatic carbocycles. The predicted molar refractivity (Wildman–Crippen MR) is 201 cm³/mol. The maximum Gasteiger partial charge on any atom is 0.306 e. The smallest absolute Gasteiger partial charge is 0.306 e. The molecule has 272 valence electrons. The number of hydrogen-bond donors (Lipinski definition) is 1. The molecule has 0 radical (unpaired) electrons. The van der Waals surface area contributed by atoms with Gasteiger partial charge < -0.3 is 14.6 Å². The van der Waals surface area contributed by atoms with E-state index >= 15 is 0 Å². The van der Waals surface area contributed by atoms with Crippen LogP contribution in [-0.2, 0) is 14.3 Å². The first-order valence-corrected chi connectivity index (χ1v) is 20.4. The Balaban J connectivity index is 3.40. The van der Waals surface area contributed by atoms with Crippen LogP contribution in [0.4, 0.5) is 0 Å². The maximum atomic E-state index is 12.2. The lowest BCUT2D eigenvalue weighted by atomic mass is 10.0. The second kappa shape index (κ2) is 40.0. The number of carbonyl (C=O) groups is 1. The Kier molecular flexibility index (Phi) is 39.1. The third-order valence-electron chi connectivity index (χ3n) is 9.03. The molecule has 0 bridgehead atoms. The number of aliphatic hydroxyl groups excluding tert-OH is 1. The minimum absolute atomic E-state index is 0.168. The average Bonchev–Trinajstić information content (AvgIpc) is 3.06. The molecule has 1 unspecified atom stereocenters. The molecule has 0 aromatic carbocycles. The monoisotopic (exact) mass is 649 g/mol. The number of ether oxygens (including phenoxy) is 2. The second-order valence-electron chi connectivity index (χ2n) is 13.7. The summed E-state index contributed by atoms with van der Waals surface area (Å²) in [6.07, 6.45) is 48.0. The summed E-state index contributed by atoms with van der Waals surface area (Å²) in [6, 6.07) is 0. The molecule has 0 aromatic heterocycles. The van der Waals surface area contributed by atoms with Crippen molar-refractivity contribution in [1.82, 2.24) is 0 Å². The van der Waals surface area contributed by atoms with Crippen molar-refractivity contribution in [3.05, 3.63) is 24.3 Å². The maximum absolute atomic E-state index is 12.2. The SMILES string of the molecule is CCCCCCC/C=C\C/C=C\CCCCCCCCCCCCCC(=O)OC(CO)COCCCCCCCCCCCCC. The van der Waals surface area contributed by atoms with E-state index < -0.39 is 6.10 Å². The molecule has 0 saturated carbocycles. The summed E-state index contributed by atoms with van der Waals surface area (Å²) in [6.45, 7) is 5.35. The molecule has 0 aliphatic rings. The summed E-state index contributed by atoms with van der Waals surface area (Å²) in [5, 5.41) is 9.56. The number of aliphatic hydroxyl groups is 1. The number of allylic oxidation sites excluding steroid dienone is 4. The minimum atomic E-state index is -0.529. The third-order valence-corrected chi connectivity index (χ3v) is 9.03. The van der Waals surface area contributed by atoms with E-state index in [9.17, 15) is 9.90 Å². The Hall–Kier alpha value is -1.13. The Bertz CT molecular complexity index is 644. The number of esters is 1. The van der Waals surface area contributed by atoms with E-state index in [1.54, 1.807) is 0 Å². The first-order chi connectivity index (χ1) is 22.7. The third kappa shape index (κ3) is 37.3. The first-order valence-electron chi connectivity index (χ1n) is 20.4. The zero-order chi connectivity index (χ0) is 33.4. The van der Waals surface area contributed by atoms with E-state index in [1.165, 1.54) is 167 Å². The van der Waals surface area contributed by atoms with Crippen LogP contribution in [0, 0.1) is 0 Å². The molecular weight excluding hydrogens is 568 g/mol. The van der Waals surface area contributed by atoms with Crippen molar-refractivity contribution < 1.29 is 19.4 Å². The Morgan fingerprint density at radius 1 is 0.522 bits per heavy atom. The van der Waals surface area contributed by atoms with Crippen LogP contribution in [0.25, 0.3) is 0 Å². The van der Waals surface area contributed by atoms with Crippen LogP contribution in [0.3, 0.4) is 0 Å². The zero-order valence-electron chi connectivity index (χ0n) is 31.1. The summed E-state index contributed by atoms with van der Waals surface area (Å²) in [5.74, 6) is -0.201. The van der Waals surface area contributed by atoms with E-state index in [0.29, 0.717) is 19.6 Å². The van der Waals surface area contributed by atoms with Gasteiger partial charge in [-0.05, 0) is 44.9 Å². The van der Waals surface area contributed by atoms with Crippen LogP contribution < -0.4 is 0 Å². The lowest BCUT2D eigenvalue weighted by Crippen LogP contribution is -2.27. The first kappa shape index (κ1) is 44.9. The number of hydrogen-bond acceptors (Lipinski definition) is 4. The van der Waals surface area contributed by atoms with E-state index in [4.69, 9.17) is 9.47 Å². The van der Waals surface area contributed by atoms with E-state index in [2.05, 4.69) is 38.2 Å². The van der Waals surface area contributed by atoms with Gasteiger partial charge in [-0.15, -0.1) is 0 Å². The summed E-state index contributed by atoms with van der Waals surface area (Å²) in [4.78, 5) is 12.2. The van der Waals surface area contributed by atoms with Crippen molar-refractivity contribution in [2.24, 2.45) is 0 Å². The zero-order valence-corrected chi connectivity index (χ0v) is 31.1. The van der Waals surface area contributed by atoms with Crippen LogP contribution >= 0.6 is 0 Å². The fourth-order valence-corrected chi connectivity index (χ4v) is 5.95. The number of unbranched alkanes of at least 4 members (excludes halogenated alkanes) is 26. The standard InChI is InChI=1S/C42H80O4/c1-3-5-7-9-11-13-15-16-17-18-19-20-21-22-23-24-25-26-27-29-31-33-35-37-42(44)46-41(39-43)40-45-38-36-34-32-30-28-14-12-10-8-6-4-2/h15-16,18-19,41,43H,3-14,17,20-40H2,1-2H3/b16-15-,19-18-. The van der Waals surface area contributed by atoms with E-state index in [1.807, 2.05) is 0 Å². The lowest BCUT2D eigenvalue weighted by Gasteiger charge is -2.16. The fraction of sp³-hybridized carbons (Fsp3) is 0.881. The number of rotatable bonds is 38. The molecular formula is C42H80O4. The van der Waals surface area contributed by atoms with Crippen LogP contribution in [0.2, 0.25) is 0 Å². The Morgan fingerprint density at radius 3 is 1.35 bits per heavy atom. The van der Waals surface area contributed by atoms with Crippen LogP contribution in [0.15, 0.2) is 24.3 Å². The molecule has 4 heteroatoms.